The molecule has 0 atom stereocenters. The molecule has 0 amide bonds. The van der Waals surface area contributed by atoms with Crippen LogP contribution in [0.2, 0.25) is 0 Å². The molecule has 0 fully saturated rings. The van der Waals surface area contributed by atoms with Gasteiger partial charge < -0.3 is 0 Å². The van der Waals surface area contributed by atoms with Crippen molar-refractivity contribution >= 4 is 97.0 Å². The van der Waals surface area contributed by atoms with Gasteiger partial charge in [0.25, 0.3) is 0 Å². The number of fused-ring (bicyclic) bond motifs is 24. The summed E-state index contributed by atoms with van der Waals surface area (Å²) in [6, 6.07) is 159. The maximum atomic E-state index is 5.30. The zero-order valence-corrected chi connectivity index (χ0v) is 75.9. The van der Waals surface area contributed by atoms with Gasteiger partial charge in [-0.3, -0.25) is 0 Å². The Morgan fingerprint density at radius 3 is 0.837 bits per heavy atom. The van der Waals surface area contributed by atoms with E-state index in [2.05, 4.69) is 442 Å². The van der Waals surface area contributed by atoms with Crippen molar-refractivity contribution in [1.82, 2.24) is 29.9 Å². The summed E-state index contributed by atoms with van der Waals surface area (Å²) in [4.78, 5) is 31.0. The molecule has 135 heavy (non-hydrogen) atoms. The summed E-state index contributed by atoms with van der Waals surface area (Å²) < 4.78 is 0. The lowest BCUT2D eigenvalue weighted by Crippen LogP contribution is -2.21. The second-order valence-electron chi connectivity index (χ2n) is 37.4. The van der Waals surface area contributed by atoms with Gasteiger partial charge in [-0.15, -0.1) is 0 Å². The summed E-state index contributed by atoms with van der Waals surface area (Å²) in [5.41, 5.74) is 27.5. The predicted octanol–water partition coefficient (Wildman–Crippen LogP) is 33.8. The molecule has 0 aliphatic heterocycles. The molecule has 0 N–H and O–H groups in total. The van der Waals surface area contributed by atoms with Crippen molar-refractivity contribution in [1.29, 1.82) is 0 Å². The van der Waals surface area contributed by atoms with Crippen LogP contribution in [-0.4, -0.2) is 29.9 Å². The molecule has 0 radical (unpaired) electrons. The highest BCUT2D eigenvalue weighted by atomic mass is 14.9. The highest BCUT2D eigenvalue weighted by Crippen LogP contribution is 2.56. The largest absolute Gasteiger partial charge is 0.236 e. The maximum absolute atomic E-state index is 5.30. The second kappa shape index (κ2) is 32.9. The Hall–Kier alpha value is -16.8. The lowest BCUT2D eigenvalue weighted by molar-refractivity contribution is 0.636. The SMILES string of the molecule is CC(C)(c1ccccc1)c1cnc(-c2ccccc2)nc1-c1ccc(-c2ccc3c4ccccc4c4ccccc4c3c2)cc1.CC1(C)c2cc(-c3ccc4c5ccccc5c5ccccc5c4c3)ccc2-c2nc(-c3ccccc3)nc(-c3ccccc3)c21.CC1(C)c2ccc(-c3ccc4c5ccccc5c5ccccc5c4c3)cc2-c2nc(-c3ccccc3)nc(-c3ccccc3)c21. The third kappa shape index (κ3) is 14.0. The minimum Gasteiger partial charge on any atom is -0.236 e. The Balaban J connectivity index is 0.000000111. The van der Waals surface area contributed by atoms with E-state index in [-0.39, 0.29) is 16.2 Å². The average Bonchev–Trinajstić information content (AvgIpc) is 1.55. The van der Waals surface area contributed by atoms with E-state index in [1.165, 1.54) is 169 Å². The van der Waals surface area contributed by atoms with E-state index >= 15 is 0 Å². The molecule has 2 aliphatic rings. The fourth-order valence-electron chi connectivity index (χ4n) is 21.6. The van der Waals surface area contributed by atoms with Gasteiger partial charge in [-0.2, -0.15) is 0 Å². The standard InChI is InChI=1S/2C43H30N2.C43H32N2/c1-43(2)38-24-22-30(29-21-23-35-33-19-10-9-17-31(33)32-18-11-12-20-34(32)36(35)25-29)26-37(38)41-39(43)40(27-13-5-3-6-14-27)44-42(45-41)28-15-7-4-8-16-28;1-43(2)38-26-30(29-21-23-35-33-19-10-9-17-31(33)32-18-11-12-20-34(32)37(35)25-29)22-24-36(38)41-39(43)40(27-13-5-3-6-14-27)44-42(45-41)28-15-7-4-8-16-28;1-43(2,33-15-7-4-8-16-33)40-28-44-42(31-13-5-3-6-14-31)45-41(40)30-23-21-29(22-24-30)32-25-26-38-36-19-10-9-17-34(36)35-18-11-12-20-37(35)39(38)27-32/h2*3-26H,1-2H3;3-28H,1-2H3. The van der Waals surface area contributed by atoms with E-state index in [1.807, 2.05) is 48.7 Å². The van der Waals surface area contributed by atoms with E-state index in [0.29, 0.717) is 0 Å². The molecule has 6 nitrogen and oxygen atoms in total. The molecule has 0 bridgehead atoms. The minimum absolute atomic E-state index is 0.248. The van der Waals surface area contributed by atoms with Crippen molar-refractivity contribution in [2.24, 2.45) is 0 Å². The third-order valence-electron chi connectivity index (χ3n) is 28.5. The first-order chi connectivity index (χ1) is 66.2. The first-order valence-corrected chi connectivity index (χ1v) is 46.7. The van der Waals surface area contributed by atoms with Crippen molar-refractivity contribution < 1.29 is 0 Å². The quantitative estimate of drug-likeness (QED) is 0.120. The van der Waals surface area contributed by atoms with Crippen LogP contribution >= 0.6 is 0 Å². The van der Waals surface area contributed by atoms with Crippen LogP contribution in [0.4, 0.5) is 0 Å². The van der Waals surface area contributed by atoms with Gasteiger partial charge in [0.15, 0.2) is 17.5 Å². The number of hydrogen-bond donors (Lipinski definition) is 0. The van der Waals surface area contributed by atoms with Gasteiger partial charge in [-0.1, -0.05) is 454 Å². The molecule has 0 saturated carbocycles. The molecule has 26 rings (SSSR count). The van der Waals surface area contributed by atoms with E-state index in [9.17, 15) is 0 Å². The van der Waals surface area contributed by atoms with E-state index in [4.69, 9.17) is 29.9 Å². The predicted molar refractivity (Wildman–Crippen MR) is 566 cm³/mol. The highest BCUT2D eigenvalue weighted by molar-refractivity contribution is 6.28. The zero-order valence-electron chi connectivity index (χ0n) is 75.9. The summed E-state index contributed by atoms with van der Waals surface area (Å²) in [5, 5.41) is 23.2. The average molecular weight is 1730 g/mol. The van der Waals surface area contributed by atoms with Gasteiger partial charge in [-0.05, 0) is 177 Å². The van der Waals surface area contributed by atoms with Crippen molar-refractivity contribution in [2.75, 3.05) is 0 Å². The van der Waals surface area contributed by atoms with Crippen LogP contribution in [0.25, 0.3) is 221 Å². The molecule has 24 aromatic rings. The highest BCUT2D eigenvalue weighted by Gasteiger charge is 2.43. The summed E-state index contributed by atoms with van der Waals surface area (Å²) in [5.74, 6) is 2.25. The Labute approximate surface area is 785 Å². The third-order valence-corrected chi connectivity index (χ3v) is 28.5. The number of rotatable bonds is 11. The first-order valence-electron chi connectivity index (χ1n) is 46.7. The maximum Gasteiger partial charge on any atom is 0.160 e. The molecular weight excluding hydrogens is 1630 g/mol. The summed E-state index contributed by atoms with van der Waals surface area (Å²) in [7, 11) is 0. The molecule has 21 aromatic carbocycles. The Kier molecular flexibility index (Phi) is 19.9. The van der Waals surface area contributed by atoms with E-state index < -0.39 is 0 Å². The molecule has 0 unspecified atom stereocenters. The van der Waals surface area contributed by atoms with Crippen LogP contribution in [0.15, 0.2) is 449 Å². The molecule has 3 heterocycles. The smallest absolute Gasteiger partial charge is 0.160 e. The van der Waals surface area contributed by atoms with Crippen molar-refractivity contribution in [2.45, 2.75) is 57.8 Å². The Bertz CT molecular complexity index is 8730. The van der Waals surface area contributed by atoms with E-state index in [1.54, 1.807) is 0 Å². The molecule has 3 aromatic heterocycles. The molecular formula is C129H92N6. The molecule has 6 heteroatoms. The van der Waals surface area contributed by atoms with Crippen LogP contribution in [0.5, 0.6) is 0 Å². The molecule has 638 valence electrons. The second-order valence-corrected chi connectivity index (χ2v) is 37.4. The zero-order chi connectivity index (χ0) is 90.6. The first kappa shape index (κ1) is 81.4. The Morgan fingerprint density at radius 2 is 0.444 bits per heavy atom. The van der Waals surface area contributed by atoms with Crippen LogP contribution < -0.4 is 0 Å². The van der Waals surface area contributed by atoms with Crippen molar-refractivity contribution in [3.63, 3.8) is 0 Å². The number of benzene rings is 21. The topological polar surface area (TPSA) is 77.3 Å². The number of nitrogens with zero attached hydrogens (tertiary/aromatic N) is 6. The lowest BCUT2D eigenvalue weighted by atomic mass is 9.77. The van der Waals surface area contributed by atoms with Crippen molar-refractivity contribution in [3.8, 4) is 124 Å². The van der Waals surface area contributed by atoms with Gasteiger partial charge in [0, 0.05) is 83.6 Å². The van der Waals surface area contributed by atoms with Crippen LogP contribution in [0.1, 0.15) is 74.9 Å². The Morgan fingerprint density at radius 1 is 0.185 bits per heavy atom. The number of aromatic nitrogens is 6. The summed E-state index contributed by atoms with van der Waals surface area (Å²) in [6.07, 6.45) is 2.02. The monoisotopic (exact) mass is 1720 g/mol. The summed E-state index contributed by atoms with van der Waals surface area (Å²) >= 11 is 0. The van der Waals surface area contributed by atoms with Crippen LogP contribution in [0, 0.1) is 0 Å². The molecule has 0 spiro atoms. The normalized spacial score (nSPS) is 12.8. The van der Waals surface area contributed by atoms with Crippen LogP contribution in [-0.2, 0) is 16.2 Å². The molecule has 2 aliphatic carbocycles. The molecule has 0 saturated heterocycles. The number of hydrogen-bond acceptors (Lipinski definition) is 6. The van der Waals surface area contributed by atoms with Gasteiger partial charge in [-0.25, -0.2) is 29.9 Å². The van der Waals surface area contributed by atoms with Crippen molar-refractivity contribution in [3.05, 3.63) is 482 Å². The minimum atomic E-state index is -0.285. The van der Waals surface area contributed by atoms with Gasteiger partial charge >= 0.3 is 0 Å². The fraction of sp³-hybridized carbons (Fsp3) is 0.0698. The van der Waals surface area contributed by atoms with Gasteiger partial charge in [0.1, 0.15) is 0 Å². The summed E-state index contributed by atoms with van der Waals surface area (Å²) in [6.45, 7) is 13.8. The lowest BCUT2D eigenvalue weighted by Gasteiger charge is -2.28. The van der Waals surface area contributed by atoms with Gasteiger partial charge in [0.05, 0.1) is 28.5 Å². The fourth-order valence-corrected chi connectivity index (χ4v) is 21.6. The van der Waals surface area contributed by atoms with Crippen LogP contribution in [0.3, 0.4) is 0 Å². The van der Waals surface area contributed by atoms with Gasteiger partial charge in [0.2, 0.25) is 0 Å². The van der Waals surface area contributed by atoms with E-state index in [0.717, 1.165) is 84.9 Å².